The number of aromatic nitrogens is 1. The predicted octanol–water partition coefficient (Wildman–Crippen LogP) is 1.90. The lowest BCUT2D eigenvalue weighted by atomic mass is 9.97. The molecule has 0 radical (unpaired) electrons. The first kappa shape index (κ1) is 14.4. The third-order valence-electron chi connectivity index (χ3n) is 4.50. The Labute approximate surface area is 126 Å². The molecule has 2 atom stereocenters. The average molecular weight is 285 g/mol. The molecule has 3 rings (SSSR count). The molecule has 4 nitrogen and oxygen atoms in total. The van der Waals surface area contributed by atoms with Crippen molar-refractivity contribution in [1.29, 1.82) is 0 Å². The van der Waals surface area contributed by atoms with Crippen LogP contribution in [0.15, 0.2) is 36.5 Å². The number of aliphatic hydroxyl groups is 1. The summed E-state index contributed by atoms with van der Waals surface area (Å²) in [7, 11) is 4.29. The van der Waals surface area contributed by atoms with Gasteiger partial charge in [0.2, 0.25) is 0 Å². The number of likely N-dealkylation sites (N-methyl/N-ethyl adjacent to an activating group) is 2. The third kappa shape index (κ3) is 3.07. The van der Waals surface area contributed by atoms with Crippen LogP contribution >= 0.6 is 0 Å². The highest BCUT2D eigenvalue weighted by Crippen LogP contribution is 2.27. The molecule has 2 unspecified atom stereocenters. The summed E-state index contributed by atoms with van der Waals surface area (Å²) in [4.78, 5) is 9.13. The van der Waals surface area contributed by atoms with Crippen molar-refractivity contribution in [2.24, 2.45) is 0 Å². The maximum Gasteiger partial charge on any atom is 0.0826 e. The lowest BCUT2D eigenvalue weighted by Gasteiger charge is -2.38. The van der Waals surface area contributed by atoms with E-state index in [0.717, 1.165) is 42.5 Å². The highest BCUT2D eigenvalue weighted by molar-refractivity contribution is 5.81. The van der Waals surface area contributed by atoms with Gasteiger partial charge in [-0.2, -0.15) is 0 Å². The molecule has 0 amide bonds. The fraction of sp³-hybridized carbons (Fsp3) is 0.471. The third-order valence-corrected chi connectivity index (χ3v) is 4.50. The Bertz CT molecular complexity index is 611. The summed E-state index contributed by atoms with van der Waals surface area (Å²) in [5.41, 5.74) is 1.86. The van der Waals surface area contributed by atoms with Crippen LogP contribution in [-0.4, -0.2) is 59.7 Å². The molecule has 4 heteroatoms. The van der Waals surface area contributed by atoms with Crippen LogP contribution in [0.4, 0.5) is 0 Å². The summed E-state index contributed by atoms with van der Waals surface area (Å²) in [5.74, 6) is 0. The minimum absolute atomic E-state index is 0.387. The van der Waals surface area contributed by atoms with Crippen molar-refractivity contribution < 1.29 is 5.11 Å². The fourth-order valence-corrected chi connectivity index (χ4v) is 3.14. The Morgan fingerprint density at radius 2 is 2.05 bits per heavy atom. The van der Waals surface area contributed by atoms with E-state index >= 15 is 0 Å². The normalized spacial score (nSPS) is 22.5. The lowest BCUT2D eigenvalue weighted by molar-refractivity contribution is 0.0639. The maximum atomic E-state index is 10.7. The highest BCUT2D eigenvalue weighted by atomic mass is 16.3. The van der Waals surface area contributed by atoms with E-state index in [0.29, 0.717) is 6.04 Å². The van der Waals surface area contributed by atoms with Gasteiger partial charge in [-0.3, -0.25) is 4.98 Å². The number of aliphatic hydroxyl groups excluding tert-OH is 1. The van der Waals surface area contributed by atoms with Crippen LogP contribution in [0.3, 0.4) is 0 Å². The van der Waals surface area contributed by atoms with E-state index in [9.17, 15) is 5.11 Å². The van der Waals surface area contributed by atoms with Crippen molar-refractivity contribution in [2.45, 2.75) is 18.6 Å². The van der Waals surface area contributed by atoms with Gasteiger partial charge in [0.05, 0.1) is 11.6 Å². The predicted molar refractivity (Wildman–Crippen MR) is 85.2 cm³/mol. The second kappa shape index (κ2) is 6.10. The number of para-hydroxylation sites is 1. The Kier molecular flexibility index (Phi) is 4.19. The molecule has 1 aromatic carbocycles. The molecule has 1 aromatic heterocycles. The van der Waals surface area contributed by atoms with Gasteiger partial charge in [-0.1, -0.05) is 24.3 Å². The molecule has 1 fully saturated rings. The smallest absolute Gasteiger partial charge is 0.0826 e. The van der Waals surface area contributed by atoms with Crippen molar-refractivity contribution in [3.8, 4) is 0 Å². The van der Waals surface area contributed by atoms with Crippen LogP contribution in [0.1, 0.15) is 18.1 Å². The number of benzene rings is 1. The van der Waals surface area contributed by atoms with Crippen molar-refractivity contribution in [3.63, 3.8) is 0 Å². The van der Waals surface area contributed by atoms with Gasteiger partial charge in [0.1, 0.15) is 0 Å². The van der Waals surface area contributed by atoms with Crippen LogP contribution < -0.4 is 0 Å². The first-order valence-corrected chi connectivity index (χ1v) is 7.55. The molecule has 1 aliphatic heterocycles. The minimum Gasteiger partial charge on any atom is -0.388 e. The average Bonchev–Trinajstić information content (AvgIpc) is 2.50. The van der Waals surface area contributed by atoms with Gasteiger partial charge in [0, 0.05) is 42.8 Å². The quantitative estimate of drug-likeness (QED) is 0.935. The zero-order chi connectivity index (χ0) is 14.8. The van der Waals surface area contributed by atoms with E-state index in [4.69, 9.17) is 0 Å². The molecule has 1 saturated heterocycles. The second-order valence-electron chi connectivity index (χ2n) is 6.07. The zero-order valence-corrected chi connectivity index (χ0v) is 12.7. The molecule has 1 aliphatic rings. The number of hydrogen-bond donors (Lipinski definition) is 1. The molecule has 0 bridgehead atoms. The molecule has 0 saturated carbocycles. The van der Waals surface area contributed by atoms with Gasteiger partial charge in [-0.25, -0.2) is 0 Å². The van der Waals surface area contributed by atoms with Gasteiger partial charge in [0.25, 0.3) is 0 Å². The van der Waals surface area contributed by atoms with Gasteiger partial charge in [-0.05, 0) is 26.6 Å². The van der Waals surface area contributed by atoms with Crippen LogP contribution in [0.2, 0.25) is 0 Å². The summed E-state index contributed by atoms with van der Waals surface area (Å²) in [6.45, 7) is 3.16. The van der Waals surface area contributed by atoms with Crippen molar-refractivity contribution in [1.82, 2.24) is 14.8 Å². The number of rotatable bonds is 3. The summed E-state index contributed by atoms with van der Waals surface area (Å²) >= 11 is 0. The first-order valence-electron chi connectivity index (χ1n) is 7.55. The fourth-order valence-electron chi connectivity index (χ4n) is 3.14. The van der Waals surface area contributed by atoms with Gasteiger partial charge in [0.15, 0.2) is 0 Å². The highest BCUT2D eigenvalue weighted by Gasteiger charge is 2.25. The van der Waals surface area contributed by atoms with Crippen molar-refractivity contribution in [2.75, 3.05) is 33.7 Å². The van der Waals surface area contributed by atoms with Gasteiger partial charge < -0.3 is 14.9 Å². The minimum atomic E-state index is -0.470. The summed E-state index contributed by atoms with van der Waals surface area (Å²) in [6, 6.07) is 10.4. The van der Waals surface area contributed by atoms with Crippen LogP contribution in [-0.2, 0) is 0 Å². The molecular formula is C17H23N3O. The molecule has 2 heterocycles. The number of pyridine rings is 1. The van der Waals surface area contributed by atoms with Gasteiger partial charge in [-0.15, -0.1) is 0 Å². The zero-order valence-electron chi connectivity index (χ0n) is 12.7. The second-order valence-corrected chi connectivity index (χ2v) is 6.07. The number of nitrogens with zero attached hydrogens (tertiary/aromatic N) is 3. The van der Waals surface area contributed by atoms with E-state index in [-0.39, 0.29) is 0 Å². The van der Waals surface area contributed by atoms with Crippen molar-refractivity contribution >= 4 is 10.9 Å². The number of piperazine rings is 1. The molecule has 0 aliphatic carbocycles. The van der Waals surface area contributed by atoms with E-state index < -0.39 is 6.10 Å². The number of fused-ring (bicyclic) bond motifs is 1. The van der Waals surface area contributed by atoms with E-state index in [1.807, 2.05) is 30.3 Å². The molecule has 2 aromatic rings. The van der Waals surface area contributed by atoms with E-state index in [1.165, 1.54) is 0 Å². The maximum absolute atomic E-state index is 10.7. The summed E-state index contributed by atoms with van der Waals surface area (Å²) < 4.78 is 0. The standard InChI is InChI=1S/C17H23N3O/c1-19-9-10-20(2)14(12-19)11-16(21)15-7-3-5-13-6-4-8-18-17(13)15/h3-8,14,16,21H,9-12H2,1-2H3. The Morgan fingerprint density at radius 1 is 1.24 bits per heavy atom. The number of hydrogen-bond acceptors (Lipinski definition) is 4. The van der Waals surface area contributed by atoms with Crippen LogP contribution in [0.5, 0.6) is 0 Å². The monoisotopic (exact) mass is 285 g/mol. The molecule has 0 spiro atoms. The SMILES string of the molecule is CN1CCN(C)C(CC(O)c2cccc3cccnc23)C1. The molecule has 1 N–H and O–H groups in total. The Hall–Kier alpha value is -1.49. The summed E-state index contributed by atoms with van der Waals surface area (Å²) in [6.07, 6.45) is 2.07. The topological polar surface area (TPSA) is 39.6 Å². The Morgan fingerprint density at radius 3 is 2.90 bits per heavy atom. The molecule has 21 heavy (non-hydrogen) atoms. The largest absolute Gasteiger partial charge is 0.388 e. The Balaban J connectivity index is 1.82. The van der Waals surface area contributed by atoms with Gasteiger partial charge >= 0.3 is 0 Å². The molecule has 112 valence electrons. The van der Waals surface area contributed by atoms with Crippen molar-refractivity contribution in [3.05, 3.63) is 42.1 Å². The lowest BCUT2D eigenvalue weighted by Crippen LogP contribution is -2.50. The van der Waals surface area contributed by atoms with E-state index in [2.05, 4.69) is 28.9 Å². The molecular weight excluding hydrogens is 262 g/mol. The van der Waals surface area contributed by atoms with E-state index in [1.54, 1.807) is 6.20 Å². The summed E-state index contributed by atoms with van der Waals surface area (Å²) in [5, 5.41) is 11.8. The van der Waals surface area contributed by atoms with Crippen LogP contribution in [0, 0.1) is 0 Å². The van der Waals surface area contributed by atoms with Crippen LogP contribution in [0.25, 0.3) is 10.9 Å². The first-order chi connectivity index (χ1) is 10.1.